The fourth-order valence-electron chi connectivity index (χ4n) is 1.40. The molecule has 0 saturated carbocycles. The topological polar surface area (TPSA) is 63.2 Å². The summed E-state index contributed by atoms with van der Waals surface area (Å²) in [6.07, 6.45) is 2.37. The number of halogens is 1. The molecular weight excluding hydrogens is 274 g/mol. The molecule has 1 aromatic rings. The summed E-state index contributed by atoms with van der Waals surface area (Å²) >= 11 is 0. The summed E-state index contributed by atoms with van der Waals surface area (Å²) in [5.41, 5.74) is 0.837. The SMILES string of the molecule is CCCCC(=O)NCc1ccc(S(=O)(=O)Cl)cc1. The van der Waals surface area contributed by atoms with Crippen LogP contribution in [0.4, 0.5) is 0 Å². The molecular formula is C12H16ClNO3S. The van der Waals surface area contributed by atoms with Gasteiger partial charge in [-0.2, -0.15) is 0 Å². The van der Waals surface area contributed by atoms with Gasteiger partial charge in [0, 0.05) is 23.6 Å². The highest BCUT2D eigenvalue weighted by atomic mass is 35.7. The Labute approximate surface area is 112 Å². The average Bonchev–Trinajstić information content (AvgIpc) is 2.33. The molecule has 0 heterocycles. The quantitative estimate of drug-likeness (QED) is 0.818. The molecule has 0 saturated heterocycles. The van der Waals surface area contributed by atoms with E-state index in [0.717, 1.165) is 18.4 Å². The highest BCUT2D eigenvalue weighted by Crippen LogP contribution is 2.15. The molecule has 6 heteroatoms. The third-order valence-corrected chi connectivity index (χ3v) is 3.82. The number of unbranched alkanes of at least 4 members (excludes halogenated alkanes) is 1. The van der Waals surface area contributed by atoms with Crippen molar-refractivity contribution in [3.63, 3.8) is 0 Å². The molecule has 0 fully saturated rings. The molecule has 0 aliphatic heterocycles. The van der Waals surface area contributed by atoms with Gasteiger partial charge in [-0.1, -0.05) is 25.5 Å². The van der Waals surface area contributed by atoms with Crippen molar-refractivity contribution in [2.45, 2.75) is 37.6 Å². The number of benzene rings is 1. The molecule has 0 spiro atoms. The monoisotopic (exact) mass is 289 g/mol. The molecule has 0 radical (unpaired) electrons. The molecule has 0 aromatic heterocycles. The van der Waals surface area contributed by atoms with E-state index in [1.165, 1.54) is 12.1 Å². The van der Waals surface area contributed by atoms with E-state index in [2.05, 4.69) is 5.32 Å². The lowest BCUT2D eigenvalue weighted by molar-refractivity contribution is -0.121. The van der Waals surface area contributed by atoms with Crippen LogP contribution in [-0.2, 0) is 20.4 Å². The molecule has 1 rings (SSSR count). The Morgan fingerprint density at radius 1 is 1.28 bits per heavy atom. The summed E-state index contributed by atoms with van der Waals surface area (Å²) in [5, 5.41) is 2.77. The smallest absolute Gasteiger partial charge is 0.261 e. The van der Waals surface area contributed by atoms with Gasteiger partial charge in [-0.3, -0.25) is 4.79 Å². The van der Waals surface area contributed by atoms with Gasteiger partial charge >= 0.3 is 0 Å². The predicted molar refractivity (Wildman–Crippen MR) is 70.9 cm³/mol. The fourth-order valence-corrected chi connectivity index (χ4v) is 2.17. The van der Waals surface area contributed by atoms with Crippen LogP contribution in [0.5, 0.6) is 0 Å². The van der Waals surface area contributed by atoms with E-state index >= 15 is 0 Å². The first-order valence-electron chi connectivity index (χ1n) is 5.74. The Balaban J connectivity index is 2.52. The predicted octanol–water partition coefficient (Wildman–Crippen LogP) is 2.42. The standard InChI is InChI=1S/C12H16ClNO3S/c1-2-3-4-12(15)14-9-10-5-7-11(8-6-10)18(13,16)17/h5-8H,2-4,9H2,1H3,(H,14,15). The molecule has 100 valence electrons. The van der Waals surface area contributed by atoms with Crippen molar-refractivity contribution in [1.82, 2.24) is 5.32 Å². The normalized spacial score (nSPS) is 11.2. The molecule has 0 unspecified atom stereocenters. The first-order valence-corrected chi connectivity index (χ1v) is 8.04. The maximum absolute atomic E-state index is 11.4. The maximum Gasteiger partial charge on any atom is 0.261 e. The van der Waals surface area contributed by atoms with Gasteiger partial charge in [0.2, 0.25) is 5.91 Å². The zero-order valence-corrected chi connectivity index (χ0v) is 11.7. The Bertz CT molecular complexity index is 497. The van der Waals surface area contributed by atoms with Gasteiger partial charge in [0.1, 0.15) is 0 Å². The average molecular weight is 290 g/mol. The van der Waals surface area contributed by atoms with E-state index in [9.17, 15) is 13.2 Å². The lowest BCUT2D eigenvalue weighted by Gasteiger charge is -2.05. The fraction of sp³-hybridized carbons (Fsp3) is 0.417. The van der Waals surface area contributed by atoms with Gasteiger partial charge < -0.3 is 5.32 Å². The third-order valence-electron chi connectivity index (χ3n) is 2.45. The molecule has 18 heavy (non-hydrogen) atoms. The highest BCUT2D eigenvalue weighted by Gasteiger charge is 2.09. The molecule has 0 atom stereocenters. The van der Waals surface area contributed by atoms with Crippen LogP contribution in [-0.4, -0.2) is 14.3 Å². The number of hydrogen-bond donors (Lipinski definition) is 1. The number of carbonyl (C=O) groups excluding carboxylic acids is 1. The van der Waals surface area contributed by atoms with E-state index in [1.807, 2.05) is 6.92 Å². The molecule has 1 amide bonds. The van der Waals surface area contributed by atoms with Crippen molar-refractivity contribution in [3.8, 4) is 0 Å². The van der Waals surface area contributed by atoms with Crippen LogP contribution in [0.2, 0.25) is 0 Å². The lowest BCUT2D eigenvalue weighted by atomic mass is 10.2. The molecule has 1 N–H and O–H groups in total. The second kappa shape index (κ2) is 6.75. The van der Waals surface area contributed by atoms with Gasteiger partial charge in [-0.25, -0.2) is 8.42 Å². The minimum absolute atomic E-state index is 0.00546. The Morgan fingerprint density at radius 2 is 1.89 bits per heavy atom. The van der Waals surface area contributed by atoms with Crippen molar-refractivity contribution in [1.29, 1.82) is 0 Å². The maximum atomic E-state index is 11.4. The second-order valence-electron chi connectivity index (χ2n) is 3.96. The van der Waals surface area contributed by atoms with Crippen LogP contribution in [0, 0.1) is 0 Å². The van der Waals surface area contributed by atoms with Crippen LogP contribution >= 0.6 is 10.7 Å². The Morgan fingerprint density at radius 3 is 2.39 bits per heavy atom. The molecule has 0 aliphatic carbocycles. The lowest BCUT2D eigenvalue weighted by Crippen LogP contribution is -2.22. The number of hydrogen-bond acceptors (Lipinski definition) is 3. The van der Waals surface area contributed by atoms with Crippen LogP contribution < -0.4 is 5.32 Å². The number of nitrogens with one attached hydrogen (secondary N) is 1. The van der Waals surface area contributed by atoms with E-state index in [0.29, 0.717) is 13.0 Å². The molecule has 4 nitrogen and oxygen atoms in total. The second-order valence-corrected chi connectivity index (χ2v) is 6.53. The van der Waals surface area contributed by atoms with E-state index < -0.39 is 9.05 Å². The number of carbonyl (C=O) groups is 1. The third kappa shape index (κ3) is 5.06. The zero-order chi connectivity index (χ0) is 13.6. The summed E-state index contributed by atoms with van der Waals surface area (Å²) in [6, 6.07) is 6.12. The number of amides is 1. The van der Waals surface area contributed by atoms with Gasteiger partial charge in [-0.15, -0.1) is 0 Å². The van der Waals surface area contributed by atoms with Gasteiger partial charge in [-0.05, 0) is 24.1 Å². The Hall–Kier alpha value is -1.07. The van der Waals surface area contributed by atoms with Crippen molar-refractivity contribution < 1.29 is 13.2 Å². The van der Waals surface area contributed by atoms with Gasteiger partial charge in [0.15, 0.2) is 0 Å². The van der Waals surface area contributed by atoms with Crippen LogP contribution in [0.3, 0.4) is 0 Å². The minimum Gasteiger partial charge on any atom is -0.352 e. The van der Waals surface area contributed by atoms with Gasteiger partial charge in [0.05, 0.1) is 4.90 Å². The van der Waals surface area contributed by atoms with Crippen LogP contribution in [0.25, 0.3) is 0 Å². The zero-order valence-electron chi connectivity index (χ0n) is 10.1. The van der Waals surface area contributed by atoms with Crippen LogP contribution in [0.1, 0.15) is 31.7 Å². The van der Waals surface area contributed by atoms with Crippen LogP contribution in [0.15, 0.2) is 29.2 Å². The van der Waals surface area contributed by atoms with E-state index in [-0.39, 0.29) is 10.8 Å². The molecule has 1 aromatic carbocycles. The van der Waals surface area contributed by atoms with Crippen molar-refractivity contribution in [2.24, 2.45) is 0 Å². The largest absolute Gasteiger partial charge is 0.352 e. The first-order chi connectivity index (χ1) is 8.43. The highest BCUT2D eigenvalue weighted by molar-refractivity contribution is 8.13. The first kappa shape index (κ1) is 15.0. The van der Waals surface area contributed by atoms with Crippen molar-refractivity contribution >= 4 is 25.6 Å². The summed E-state index contributed by atoms with van der Waals surface area (Å²) in [7, 11) is 1.52. The van der Waals surface area contributed by atoms with Gasteiger partial charge in [0.25, 0.3) is 9.05 Å². The summed E-state index contributed by atoms with van der Waals surface area (Å²) in [4.78, 5) is 11.4. The minimum atomic E-state index is -3.68. The summed E-state index contributed by atoms with van der Waals surface area (Å²) in [5.74, 6) is 0.00546. The Kier molecular flexibility index (Phi) is 5.62. The molecule has 0 aliphatic rings. The number of rotatable bonds is 6. The van der Waals surface area contributed by atoms with Crippen molar-refractivity contribution in [3.05, 3.63) is 29.8 Å². The summed E-state index contributed by atoms with van der Waals surface area (Å²) in [6.45, 7) is 2.42. The van der Waals surface area contributed by atoms with E-state index in [4.69, 9.17) is 10.7 Å². The van der Waals surface area contributed by atoms with E-state index in [1.54, 1.807) is 12.1 Å². The van der Waals surface area contributed by atoms with Crippen molar-refractivity contribution in [2.75, 3.05) is 0 Å². The summed E-state index contributed by atoms with van der Waals surface area (Å²) < 4.78 is 22.0. The molecule has 0 bridgehead atoms.